The van der Waals surface area contributed by atoms with Crippen molar-refractivity contribution in [1.82, 2.24) is 0 Å². The van der Waals surface area contributed by atoms with Crippen LogP contribution in [0.5, 0.6) is 0 Å². The van der Waals surface area contributed by atoms with E-state index < -0.39 is 10.9 Å². The molecule has 8 heteroatoms. The van der Waals surface area contributed by atoms with Crippen molar-refractivity contribution in [2.24, 2.45) is 0 Å². The number of hydrogen-bond acceptors (Lipinski definition) is 5. The molecule has 98 valence electrons. The Morgan fingerprint density at radius 1 is 1.47 bits per heavy atom. The van der Waals surface area contributed by atoms with Crippen molar-refractivity contribution in [3.63, 3.8) is 0 Å². The van der Waals surface area contributed by atoms with Gasteiger partial charge in [0.25, 0.3) is 5.69 Å². The van der Waals surface area contributed by atoms with E-state index in [0.29, 0.717) is 4.90 Å². The molecule has 0 unspecified atom stereocenters. The van der Waals surface area contributed by atoms with Crippen LogP contribution in [0.15, 0.2) is 38.8 Å². The highest BCUT2D eigenvalue weighted by Gasteiger charge is 2.21. The first-order valence-electron chi connectivity index (χ1n) is 4.91. The average Bonchev–Trinajstić information content (AvgIpc) is 2.83. The Kier molecular flexibility index (Phi) is 4.08. The number of nitro benzene ring substituents is 1. The monoisotopic (exact) mass is 315 g/mol. The number of carboxylic acids is 1. The van der Waals surface area contributed by atoms with Crippen LogP contribution < -0.4 is 0 Å². The van der Waals surface area contributed by atoms with Crippen LogP contribution in [-0.4, -0.2) is 16.0 Å². The Morgan fingerprint density at radius 2 is 2.21 bits per heavy atom. The zero-order valence-corrected chi connectivity index (χ0v) is 11.6. The Hall–Kier alpha value is -1.57. The lowest BCUT2D eigenvalue weighted by atomic mass is 10.2. The lowest BCUT2D eigenvalue weighted by molar-refractivity contribution is -0.384. The van der Waals surface area contributed by atoms with E-state index in [4.69, 9.17) is 16.7 Å². The number of benzene rings is 1. The zero-order chi connectivity index (χ0) is 14.0. The van der Waals surface area contributed by atoms with Gasteiger partial charge in [0.15, 0.2) is 0 Å². The van der Waals surface area contributed by atoms with Gasteiger partial charge in [0.2, 0.25) is 0 Å². The Labute approximate surface area is 121 Å². The summed E-state index contributed by atoms with van der Waals surface area (Å²) in [5, 5.41) is 21.7. The van der Waals surface area contributed by atoms with E-state index in [2.05, 4.69) is 0 Å². The first-order chi connectivity index (χ1) is 8.99. The fourth-order valence-corrected chi connectivity index (χ4v) is 3.52. The molecule has 0 fully saturated rings. The highest BCUT2D eigenvalue weighted by Crippen LogP contribution is 2.40. The summed E-state index contributed by atoms with van der Waals surface area (Å²) in [7, 11) is 0. The smallest absolute Gasteiger partial charge is 0.337 e. The van der Waals surface area contributed by atoms with Gasteiger partial charge in [-0.25, -0.2) is 4.79 Å². The number of nitrogens with zero attached hydrogens (tertiary/aromatic N) is 1. The number of hydrogen-bond donors (Lipinski definition) is 1. The number of rotatable bonds is 4. The highest BCUT2D eigenvalue weighted by molar-refractivity contribution is 8.01. The lowest BCUT2D eigenvalue weighted by Gasteiger charge is -2.06. The first kappa shape index (κ1) is 13.9. The maximum atomic E-state index is 11.2. The highest BCUT2D eigenvalue weighted by atomic mass is 35.5. The van der Waals surface area contributed by atoms with Crippen LogP contribution in [0, 0.1) is 10.1 Å². The maximum Gasteiger partial charge on any atom is 0.337 e. The lowest BCUT2D eigenvalue weighted by Crippen LogP contribution is -2.01. The van der Waals surface area contributed by atoms with E-state index in [1.807, 2.05) is 17.5 Å². The predicted molar refractivity (Wildman–Crippen MR) is 73.5 cm³/mol. The third-order valence-electron chi connectivity index (χ3n) is 2.17. The average molecular weight is 316 g/mol. The van der Waals surface area contributed by atoms with Gasteiger partial charge in [-0.3, -0.25) is 10.1 Å². The summed E-state index contributed by atoms with van der Waals surface area (Å²) in [6.07, 6.45) is 0. The molecular weight excluding hydrogens is 310 g/mol. The van der Waals surface area contributed by atoms with Gasteiger partial charge in [-0.15, -0.1) is 11.3 Å². The summed E-state index contributed by atoms with van der Waals surface area (Å²) < 4.78 is 0.859. The summed E-state index contributed by atoms with van der Waals surface area (Å²) in [5.74, 6) is -1.25. The van der Waals surface area contributed by atoms with Crippen LogP contribution in [-0.2, 0) is 0 Å². The number of carbonyl (C=O) groups is 1. The van der Waals surface area contributed by atoms with Crippen LogP contribution in [0.2, 0.25) is 5.02 Å². The summed E-state index contributed by atoms with van der Waals surface area (Å²) in [6, 6.07) is 5.82. The van der Waals surface area contributed by atoms with Crippen LogP contribution in [0.4, 0.5) is 5.69 Å². The van der Waals surface area contributed by atoms with Gasteiger partial charge in [0.05, 0.1) is 19.7 Å². The van der Waals surface area contributed by atoms with Crippen LogP contribution in [0.3, 0.4) is 0 Å². The number of non-ortho nitro benzene ring substituents is 1. The molecule has 1 N–H and O–H groups in total. The molecule has 2 rings (SSSR count). The van der Waals surface area contributed by atoms with Crippen molar-refractivity contribution in [2.45, 2.75) is 9.10 Å². The number of halogens is 1. The fraction of sp³-hybridized carbons (Fsp3) is 0. The summed E-state index contributed by atoms with van der Waals surface area (Å²) in [5.41, 5.74) is -0.504. The second kappa shape index (κ2) is 5.60. The van der Waals surface area contributed by atoms with Gasteiger partial charge < -0.3 is 5.11 Å². The van der Waals surface area contributed by atoms with Crippen LogP contribution >= 0.6 is 34.7 Å². The molecule has 19 heavy (non-hydrogen) atoms. The van der Waals surface area contributed by atoms with Crippen molar-refractivity contribution in [2.75, 3.05) is 0 Å². The first-order valence-corrected chi connectivity index (χ1v) is 6.99. The minimum absolute atomic E-state index is 0.0602. The minimum Gasteiger partial charge on any atom is -0.478 e. The van der Waals surface area contributed by atoms with E-state index in [1.165, 1.54) is 23.1 Å². The van der Waals surface area contributed by atoms with E-state index in [1.54, 1.807) is 0 Å². The second-order valence-electron chi connectivity index (χ2n) is 3.40. The molecule has 0 radical (unpaired) electrons. The predicted octanol–water partition coefficient (Wildman–Crippen LogP) is 4.16. The molecule has 0 atom stereocenters. The standard InChI is InChI=1S/C11H6ClNO4S2/c12-8-5-6(13(16)17)4-7(11(14)15)10(8)19-9-2-1-3-18-9/h1-5H,(H,14,15). The van der Waals surface area contributed by atoms with E-state index in [9.17, 15) is 14.9 Å². The SMILES string of the molecule is O=C(O)c1cc([N+](=O)[O-])cc(Cl)c1Sc1cccs1. The molecule has 1 heterocycles. The van der Waals surface area contributed by atoms with Gasteiger partial charge in [-0.2, -0.15) is 0 Å². The summed E-state index contributed by atoms with van der Waals surface area (Å²) in [4.78, 5) is 21.5. The second-order valence-corrected chi connectivity index (χ2v) is 6.07. The van der Waals surface area contributed by atoms with E-state index >= 15 is 0 Å². The maximum absolute atomic E-state index is 11.2. The molecule has 0 aliphatic rings. The van der Waals surface area contributed by atoms with Crippen molar-refractivity contribution in [3.8, 4) is 0 Å². The summed E-state index contributed by atoms with van der Waals surface area (Å²) >= 11 is 8.57. The third-order valence-corrected chi connectivity index (χ3v) is 4.76. The van der Waals surface area contributed by atoms with Gasteiger partial charge in [-0.05, 0) is 11.4 Å². The number of aromatic carboxylic acids is 1. The van der Waals surface area contributed by atoms with Gasteiger partial charge in [0, 0.05) is 17.0 Å². The van der Waals surface area contributed by atoms with Crippen molar-refractivity contribution < 1.29 is 14.8 Å². The van der Waals surface area contributed by atoms with Crippen LogP contribution in [0.25, 0.3) is 0 Å². The number of nitro groups is 1. The molecule has 0 aliphatic carbocycles. The quantitative estimate of drug-likeness (QED) is 0.677. The molecule has 1 aromatic heterocycles. The summed E-state index contributed by atoms with van der Waals surface area (Å²) in [6.45, 7) is 0. The van der Waals surface area contributed by atoms with Crippen LogP contribution in [0.1, 0.15) is 10.4 Å². The number of thiophene rings is 1. The van der Waals surface area contributed by atoms with Gasteiger partial charge in [-0.1, -0.05) is 29.4 Å². The topological polar surface area (TPSA) is 80.4 Å². The Balaban J connectivity index is 2.52. The van der Waals surface area contributed by atoms with Gasteiger partial charge in [0.1, 0.15) is 0 Å². The molecule has 1 aromatic carbocycles. The van der Waals surface area contributed by atoms with E-state index in [0.717, 1.165) is 16.3 Å². The van der Waals surface area contributed by atoms with Gasteiger partial charge >= 0.3 is 5.97 Å². The molecule has 0 amide bonds. The third kappa shape index (κ3) is 3.06. The van der Waals surface area contributed by atoms with Crippen molar-refractivity contribution in [3.05, 3.63) is 50.3 Å². The molecule has 0 aliphatic heterocycles. The Bertz CT molecular complexity index is 642. The Morgan fingerprint density at radius 3 is 2.74 bits per heavy atom. The number of carboxylic acid groups (broad SMARTS) is 1. The largest absolute Gasteiger partial charge is 0.478 e. The molecule has 0 saturated carbocycles. The molecule has 0 bridgehead atoms. The van der Waals surface area contributed by atoms with Crippen molar-refractivity contribution >= 4 is 46.4 Å². The molecule has 5 nitrogen and oxygen atoms in total. The normalized spacial score (nSPS) is 10.4. The molecule has 2 aromatic rings. The molecule has 0 saturated heterocycles. The molecular formula is C11H6ClNO4S2. The zero-order valence-electron chi connectivity index (χ0n) is 9.20. The molecule has 0 spiro atoms. The van der Waals surface area contributed by atoms with Crippen molar-refractivity contribution in [1.29, 1.82) is 0 Å². The minimum atomic E-state index is -1.25. The fourth-order valence-electron chi connectivity index (χ4n) is 1.37. The van der Waals surface area contributed by atoms with E-state index in [-0.39, 0.29) is 16.3 Å².